The molecule has 0 aliphatic carbocycles. The Morgan fingerprint density at radius 1 is 1.71 bits per heavy atom. The molecule has 1 fully saturated rings. The van der Waals surface area contributed by atoms with Crippen molar-refractivity contribution in [1.29, 1.82) is 0 Å². The minimum atomic E-state index is 0.190. The molecular weight excluding hydrogens is 174 g/mol. The molecule has 1 rings (SSSR count). The van der Waals surface area contributed by atoms with E-state index < -0.39 is 0 Å². The monoisotopic (exact) mass is 193 g/mol. The molecule has 1 aliphatic rings. The van der Waals surface area contributed by atoms with Crippen LogP contribution in [0.3, 0.4) is 0 Å². The van der Waals surface area contributed by atoms with E-state index in [-0.39, 0.29) is 5.92 Å². The van der Waals surface area contributed by atoms with Gasteiger partial charge in [0.25, 0.3) is 0 Å². The Morgan fingerprint density at radius 2 is 2.43 bits per heavy atom. The molecule has 0 aromatic heterocycles. The standard InChI is InChI=1S/C12H19NO/c1-4-6-11(5-2)13-8-7-12(14)10(3)9-13/h1,10-11H,5-9H2,2-3H3. The van der Waals surface area contributed by atoms with Gasteiger partial charge in [-0.2, -0.15) is 0 Å². The van der Waals surface area contributed by atoms with Crippen molar-refractivity contribution in [2.75, 3.05) is 13.1 Å². The number of Topliss-reactive ketones (excluding diaryl/α,β-unsaturated/α-hetero) is 1. The Labute approximate surface area is 86.7 Å². The van der Waals surface area contributed by atoms with Crippen LogP contribution in [0.15, 0.2) is 0 Å². The second kappa shape index (κ2) is 5.17. The van der Waals surface area contributed by atoms with Crippen LogP contribution in [0, 0.1) is 18.3 Å². The third kappa shape index (κ3) is 2.59. The van der Waals surface area contributed by atoms with E-state index in [9.17, 15) is 4.79 Å². The lowest BCUT2D eigenvalue weighted by Crippen LogP contribution is -2.45. The molecule has 2 heteroatoms. The lowest BCUT2D eigenvalue weighted by atomic mass is 9.96. The number of likely N-dealkylation sites (tertiary alicyclic amines) is 1. The van der Waals surface area contributed by atoms with Crippen molar-refractivity contribution in [1.82, 2.24) is 4.90 Å². The van der Waals surface area contributed by atoms with Crippen molar-refractivity contribution in [2.45, 2.75) is 39.2 Å². The second-order valence-electron chi connectivity index (χ2n) is 4.08. The van der Waals surface area contributed by atoms with Gasteiger partial charge in [-0.05, 0) is 6.42 Å². The lowest BCUT2D eigenvalue weighted by Gasteiger charge is -2.35. The summed E-state index contributed by atoms with van der Waals surface area (Å²) < 4.78 is 0. The Kier molecular flexibility index (Phi) is 4.16. The molecule has 14 heavy (non-hydrogen) atoms. The summed E-state index contributed by atoms with van der Waals surface area (Å²) in [6.45, 7) is 5.95. The van der Waals surface area contributed by atoms with Crippen LogP contribution in [-0.2, 0) is 4.79 Å². The molecule has 0 spiro atoms. The predicted octanol–water partition coefficient (Wildman–Crippen LogP) is 1.70. The molecule has 0 aromatic rings. The summed E-state index contributed by atoms with van der Waals surface area (Å²) in [5, 5.41) is 0. The van der Waals surface area contributed by atoms with Crippen molar-refractivity contribution in [2.24, 2.45) is 5.92 Å². The molecule has 2 nitrogen and oxygen atoms in total. The van der Waals surface area contributed by atoms with E-state index in [2.05, 4.69) is 17.7 Å². The van der Waals surface area contributed by atoms with Gasteiger partial charge in [0.1, 0.15) is 5.78 Å². The number of ketones is 1. The average molecular weight is 193 g/mol. The SMILES string of the molecule is C#CCC(CC)N1CCC(=O)C(C)C1. The van der Waals surface area contributed by atoms with E-state index in [1.54, 1.807) is 0 Å². The van der Waals surface area contributed by atoms with E-state index in [1.807, 2.05) is 6.92 Å². The van der Waals surface area contributed by atoms with Gasteiger partial charge in [0.05, 0.1) is 0 Å². The molecule has 0 saturated carbocycles. The zero-order valence-electron chi connectivity index (χ0n) is 9.12. The van der Waals surface area contributed by atoms with E-state index in [1.165, 1.54) is 0 Å². The maximum Gasteiger partial charge on any atom is 0.138 e. The van der Waals surface area contributed by atoms with E-state index in [0.717, 1.165) is 25.9 Å². The Balaban J connectivity index is 2.52. The second-order valence-corrected chi connectivity index (χ2v) is 4.08. The van der Waals surface area contributed by atoms with Gasteiger partial charge in [-0.3, -0.25) is 9.69 Å². The Hall–Kier alpha value is -0.810. The quantitative estimate of drug-likeness (QED) is 0.636. The zero-order chi connectivity index (χ0) is 10.6. The van der Waals surface area contributed by atoms with Gasteiger partial charge < -0.3 is 0 Å². The predicted molar refractivity (Wildman–Crippen MR) is 57.9 cm³/mol. The third-order valence-corrected chi connectivity index (χ3v) is 3.04. The molecule has 2 atom stereocenters. The summed E-state index contributed by atoms with van der Waals surface area (Å²) in [5.74, 6) is 3.31. The summed E-state index contributed by atoms with van der Waals surface area (Å²) in [6, 6.07) is 0.468. The van der Waals surface area contributed by atoms with Gasteiger partial charge in [-0.15, -0.1) is 12.3 Å². The van der Waals surface area contributed by atoms with Crippen molar-refractivity contribution >= 4 is 5.78 Å². The average Bonchev–Trinajstić information content (AvgIpc) is 2.19. The number of nitrogens with zero attached hydrogens (tertiary/aromatic N) is 1. The van der Waals surface area contributed by atoms with Gasteiger partial charge in [-0.25, -0.2) is 0 Å². The van der Waals surface area contributed by atoms with Gasteiger partial charge in [0.2, 0.25) is 0 Å². The number of piperidine rings is 1. The van der Waals surface area contributed by atoms with Crippen molar-refractivity contribution in [3.63, 3.8) is 0 Å². The largest absolute Gasteiger partial charge is 0.299 e. The van der Waals surface area contributed by atoms with Crippen LogP contribution in [0.2, 0.25) is 0 Å². The first kappa shape index (κ1) is 11.3. The van der Waals surface area contributed by atoms with Gasteiger partial charge in [0, 0.05) is 37.9 Å². The third-order valence-electron chi connectivity index (χ3n) is 3.04. The zero-order valence-corrected chi connectivity index (χ0v) is 9.12. The number of hydrogen-bond acceptors (Lipinski definition) is 2. The summed E-state index contributed by atoms with van der Waals surface area (Å²) in [6.07, 6.45) is 7.90. The van der Waals surface area contributed by atoms with Crippen LogP contribution in [0.4, 0.5) is 0 Å². The maximum absolute atomic E-state index is 11.3. The normalized spacial score (nSPS) is 25.8. The lowest BCUT2D eigenvalue weighted by molar-refractivity contribution is -0.126. The highest BCUT2D eigenvalue weighted by Crippen LogP contribution is 2.18. The fourth-order valence-corrected chi connectivity index (χ4v) is 2.04. The number of terminal acetylenes is 1. The molecule has 2 unspecified atom stereocenters. The van der Waals surface area contributed by atoms with Crippen LogP contribution in [0.1, 0.15) is 33.1 Å². The highest BCUT2D eigenvalue weighted by Gasteiger charge is 2.26. The van der Waals surface area contributed by atoms with E-state index in [4.69, 9.17) is 6.42 Å². The van der Waals surface area contributed by atoms with Crippen molar-refractivity contribution in [3.05, 3.63) is 0 Å². The smallest absolute Gasteiger partial charge is 0.138 e. The van der Waals surface area contributed by atoms with Gasteiger partial charge in [0.15, 0.2) is 0 Å². The van der Waals surface area contributed by atoms with Crippen LogP contribution >= 0.6 is 0 Å². The van der Waals surface area contributed by atoms with Gasteiger partial charge in [-0.1, -0.05) is 13.8 Å². The molecule has 0 N–H and O–H groups in total. The van der Waals surface area contributed by atoms with Crippen LogP contribution < -0.4 is 0 Å². The molecule has 78 valence electrons. The number of rotatable bonds is 3. The molecule has 0 bridgehead atoms. The minimum Gasteiger partial charge on any atom is -0.299 e. The number of carbonyl (C=O) groups excluding carboxylic acids is 1. The first-order valence-electron chi connectivity index (χ1n) is 5.39. The van der Waals surface area contributed by atoms with E-state index in [0.29, 0.717) is 18.2 Å². The minimum absolute atomic E-state index is 0.190. The summed E-state index contributed by atoms with van der Waals surface area (Å²) in [4.78, 5) is 13.7. The van der Waals surface area contributed by atoms with E-state index >= 15 is 0 Å². The van der Waals surface area contributed by atoms with Crippen LogP contribution in [0.5, 0.6) is 0 Å². The topological polar surface area (TPSA) is 20.3 Å². The summed E-state index contributed by atoms with van der Waals surface area (Å²) in [7, 11) is 0. The molecule has 0 radical (unpaired) electrons. The first-order valence-corrected chi connectivity index (χ1v) is 5.39. The van der Waals surface area contributed by atoms with Crippen molar-refractivity contribution in [3.8, 4) is 12.3 Å². The fourth-order valence-electron chi connectivity index (χ4n) is 2.04. The summed E-state index contributed by atoms with van der Waals surface area (Å²) >= 11 is 0. The Morgan fingerprint density at radius 3 is 2.93 bits per heavy atom. The summed E-state index contributed by atoms with van der Waals surface area (Å²) in [5.41, 5.74) is 0. The number of carbonyl (C=O) groups is 1. The molecule has 0 amide bonds. The highest BCUT2D eigenvalue weighted by molar-refractivity contribution is 5.81. The van der Waals surface area contributed by atoms with Gasteiger partial charge >= 0.3 is 0 Å². The fraction of sp³-hybridized carbons (Fsp3) is 0.750. The number of hydrogen-bond donors (Lipinski definition) is 0. The molecular formula is C12H19NO. The molecule has 0 aromatic carbocycles. The maximum atomic E-state index is 11.3. The van der Waals surface area contributed by atoms with Crippen LogP contribution in [-0.4, -0.2) is 29.8 Å². The Bertz CT molecular complexity index is 241. The van der Waals surface area contributed by atoms with Crippen LogP contribution in [0.25, 0.3) is 0 Å². The highest BCUT2D eigenvalue weighted by atomic mass is 16.1. The first-order chi connectivity index (χ1) is 6.69. The molecule has 1 saturated heterocycles. The van der Waals surface area contributed by atoms with Crippen molar-refractivity contribution < 1.29 is 4.79 Å². The molecule has 1 heterocycles. The molecule has 1 aliphatic heterocycles.